The molecule has 0 saturated carbocycles. The molecule has 0 amide bonds. The number of aliphatic hydroxyl groups excluding tert-OH is 1. The van der Waals surface area contributed by atoms with Crippen LogP contribution in [0, 0.1) is 6.92 Å². The number of halogens is 3. The van der Waals surface area contributed by atoms with E-state index in [1.807, 2.05) is 6.92 Å². The van der Waals surface area contributed by atoms with Crippen molar-refractivity contribution >= 4 is 0 Å². The van der Waals surface area contributed by atoms with Gasteiger partial charge in [-0.3, -0.25) is 0 Å². The summed E-state index contributed by atoms with van der Waals surface area (Å²) in [7, 11) is 0. The van der Waals surface area contributed by atoms with Crippen molar-refractivity contribution in [2.75, 3.05) is 6.61 Å². The van der Waals surface area contributed by atoms with E-state index >= 15 is 0 Å². The summed E-state index contributed by atoms with van der Waals surface area (Å²) in [6.45, 7) is 3.46. The molecular formula is C13H17F3O2. The zero-order valence-electron chi connectivity index (χ0n) is 10.4. The van der Waals surface area contributed by atoms with E-state index in [-0.39, 0.29) is 13.0 Å². The number of benzene rings is 1. The third-order valence-corrected chi connectivity index (χ3v) is 2.48. The maximum absolute atomic E-state index is 11.9. The summed E-state index contributed by atoms with van der Waals surface area (Å²) in [6.07, 6.45) is -5.80. The maximum Gasteiger partial charge on any atom is 0.389 e. The third-order valence-electron chi connectivity index (χ3n) is 2.48. The fourth-order valence-electron chi connectivity index (χ4n) is 1.58. The van der Waals surface area contributed by atoms with E-state index in [4.69, 9.17) is 4.74 Å². The number of hydrogen-bond donors (Lipinski definition) is 1. The molecule has 5 heteroatoms. The number of hydrogen-bond acceptors (Lipinski definition) is 2. The lowest BCUT2D eigenvalue weighted by Crippen LogP contribution is -2.10. The molecule has 1 aromatic rings. The molecule has 0 fully saturated rings. The maximum atomic E-state index is 11.9. The van der Waals surface area contributed by atoms with E-state index in [1.165, 1.54) is 0 Å². The lowest BCUT2D eigenvalue weighted by molar-refractivity contribution is -0.136. The monoisotopic (exact) mass is 262 g/mol. The fourth-order valence-corrected chi connectivity index (χ4v) is 1.58. The molecule has 0 heterocycles. The second-order valence-corrected chi connectivity index (χ2v) is 4.28. The van der Waals surface area contributed by atoms with Crippen LogP contribution in [-0.4, -0.2) is 17.9 Å². The largest absolute Gasteiger partial charge is 0.493 e. The van der Waals surface area contributed by atoms with Gasteiger partial charge >= 0.3 is 6.18 Å². The average molecular weight is 262 g/mol. The Labute approximate surface area is 104 Å². The highest BCUT2D eigenvalue weighted by atomic mass is 19.4. The summed E-state index contributed by atoms with van der Waals surface area (Å²) < 4.78 is 41.1. The molecule has 102 valence electrons. The quantitative estimate of drug-likeness (QED) is 0.818. The van der Waals surface area contributed by atoms with Crippen LogP contribution in [-0.2, 0) is 0 Å². The summed E-state index contributed by atoms with van der Waals surface area (Å²) in [6, 6.07) is 5.24. The van der Waals surface area contributed by atoms with Crippen LogP contribution in [0.2, 0.25) is 0 Å². The molecule has 0 aliphatic carbocycles. The second-order valence-electron chi connectivity index (χ2n) is 4.28. The minimum absolute atomic E-state index is 0.0116. The molecule has 0 aliphatic heterocycles. The van der Waals surface area contributed by atoms with Crippen molar-refractivity contribution < 1.29 is 23.0 Å². The van der Waals surface area contributed by atoms with E-state index in [2.05, 4.69) is 0 Å². The van der Waals surface area contributed by atoms with E-state index in [9.17, 15) is 18.3 Å². The highest BCUT2D eigenvalue weighted by Gasteiger charge is 2.26. The van der Waals surface area contributed by atoms with E-state index in [0.29, 0.717) is 11.3 Å². The van der Waals surface area contributed by atoms with E-state index in [0.717, 1.165) is 5.56 Å². The van der Waals surface area contributed by atoms with E-state index < -0.39 is 18.7 Å². The van der Waals surface area contributed by atoms with Gasteiger partial charge in [0, 0.05) is 12.0 Å². The predicted octanol–water partition coefficient (Wildman–Crippen LogP) is 3.77. The zero-order valence-corrected chi connectivity index (χ0v) is 10.4. The van der Waals surface area contributed by atoms with Gasteiger partial charge in [-0.05, 0) is 32.4 Å². The fraction of sp³-hybridized carbons (Fsp3) is 0.538. The lowest BCUT2D eigenvalue weighted by atomic mass is 10.1. The Kier molecular flexibility index (Phi) is 5.02. The second kappa shape index (κ2) is 6.09. The molecule has 1 N–H and O–H groups in total. The molecule has 18 heavy (non-hydrogen) atoms. The van der Waals surface area contributed by atoms with Crippen LogP contribution < -0.4 is 4.74 Å². The number of aliphatic hydroxyl groups is 1. The topological polar surface area (TPSA) is 29.5 Å². The summed E-state index contributed by atoms with van der Waals surface area (Å²) in [5.74, 6) is 0.442. The Bertz CT molecular complexity index is 386. The molecule has 1 unspecified atom stereocenters. The smallest absolute Gasteiger partial charge is 0.389 e. The Morgan fingerprint density at radius 3 is 2.56 bits per heavy atom. The van der Waals surface area contributed by atoms with Crippen molar-refractivity contribution in [3.63, 3.8) is 0 Å². The molecule has 0 saturated heterocycles. The number of ether oxygens (including phenoxy) is 1. The highest BCUT2D eigenvalue weighted by Crippen LogP contribution is 2.27. The van der Waals surface area contributed by atoms with Crippen LogP contribution in [0.15, 0.2) is 18.2 Å². The molecule has 0 spiro atoms. The molecule has 0 bridgehead atoms. The van der Waals surface area contributed by atoms with Gasteiger partial charge in [-0.2, -0.15) is 13.2 Å². The molecular weight excluding hydrogens is 245 g/mol. The van der Waals surface area contributed by atoms with E-state index in [1.54, 1.807) is 25.1 Å². The first-order valence-corrected chi connectivity index (χ1v) is 5.78. The summed E-state index contributed by atoms with van der Waals surface area (Å²) in [5.41, 5.74) is 1.57. The Balaban J connectivity index is 2.57. The lowest BCUT2D eigenvalue weighted by Gasteiger charge is -2.14. The standard InChI is InChI=1S/C13H17F3O2/c1-9-4-5-12(11(8-9)10(2)17)18-7-3-6-13(14,15)16/h4-5,8,10,17H,3,6-7H2,1-2H3. The van der Waals surface area contributed by atoms with Crippen LogP contribution in [0.3, 0.4) is 0 Å². The molecule has 0 aliphatic rings. The van der Waals surface area contributed by atoms with Crippen LogP contribution in [0.5, 0.6) is 5.75 Å². The first kappa shape index (κ1) is 14.8. The van der Waals surface area contributed by atoms with Crippen molar-refractivity contribution in [1.29, 1.82) is 0 Å². The van der Waals surface area contributed by atoms with Crippen molar-refractivity contribution in [2.24, 2.45) is 0 Å². The van der Waals surface area contributed by atoms with Gasteiger partial charge in [0.1, 0.15) is 5.75 Å². The molecule has 1 rings (SSSR count). The van der Waals surface area contributed by atoms with Crippen LogP contribution >= 0.6 is 0 Å². The van der Waals surface area contributed by atoms with Crippen molar-refractivity contribution in [3.05, 3.63) is 29.3 Å². The van der Waals surface area contributed by atoms with Gasteiger partial charge in [0.15, 0.2) is 0 Å². The minimum atomic E-state index is -4.15. The van der Waals surface area contributed by atoms with Crippen molar-refractivity contribution in [3.8, 4) is 5.75 Å². The predicted molar refractivity (Wildman–Crippen MR) is 62.6 cm³/mol. The Morgan fingerprint density at radius 2 is 2.00 bits per heavy atom. The molecule has 0 radical (unpaired) electrons. The number of rotatable bonds is 5. The first-order valence-electron chi connectivity index (χ1n) is 5.78. The molecule has 1 aromatic carbocycles. The zero-order chi connectivity index (χ0) is 13.8. The third kappa shape index (κ3) is 4.96. The molecule has 1 atom stereocenters. The average Bonchev–Trinajstić information content (AvgIpc) is 2.24. The van der Waals surface area contributed by atoms with Gasteiger partial charge < -0.3 is 9.84 Å². The van der Waals surface area contributed by atoms with Gasteiger partial charge in [-0.25, -0.2) is 0 Å². The normalized spacial score (nSPS) is 13.4. The van der Waals surface area contributed by atoms with Crippen LogP contribution in [0.1, 0.15) is 37.0 Å². The summed E-state index contributed by atoms with van der Waals surface area (Å²) in [5, 5.41) is 9.55. The highest BCUT2D eigenvalue weighted by molar-refractivity contribution is 5.38. The van der Waals surface area contributed by atoms with Gasteiger partial charge in [-0.15, -0.1) is 0 Å². The number of alkyl halides is 3. The van der Waals surface area contributed by atoms with Crippen LogP contribution in [0.25, 0.3) is 0 Å². The first-order chi connectivity index (χ1) is 8.29. The Hall–Kier alpha value is -1.23. The van der Waals surface area contributed by atoms with Crippen molar-refractivity contribution in [1.82, 2.24) is 0 Å². The molecule has 0 aromatic heterocycles. The minimum Gasteiger partial charge on any atom is -0.493 e. The summed E-state index contributed by atoms with van der Waals surface area (Å²) in [4.78, 5) is 0. The van der Waals surface area contributed by atoms with Gasteiger partial charge in [0.2, 0.25) is 0 Å². The Morgan fingerprint density at radius 1 is 1.33 bits per heavy atom. The van der Waals surface area contributed by atoms with Gasteiger partial charge in [-0.1, -0.05) is 11.6 Å². The summed E-state index contributed by atoms with van der Waals surface area (Å²) >= 11 is 0. The van der Waals surface area contributed by atoms with Gasteiger partial charge in [0.05, 0.1) is 12.7 Å². The van der Waals surface area contributed by atoms with Crippen LogP contribution in [0.4, 0.5) is 13.2 Å². The number of aryl methyl sites for hydroxylation is 1. The SMILES string of the molecule is Cc1ccc(OCCCC(F)(F)F)c(C(C)O)c1. The van der Waals surface area contributed by atoms with Crippen molar-refractivity contribution in [2.45, 2.75) is 39.0 Å². The molecule has 2 nitrogen and oxygen atoms in total. The van der Waals surface area contributed by atoms with Gasteiger partial charge in [0.25, 0.3) is 0 Å².